The molecule has 24 heavy (non-hydrogen) atoms. The van der Waals surface area contributed by atoms with Crippen LogP contribution in [-0.2, 0) is 11.2 Å². The largest absolute Gasteiger partial charge is 0.367 e. The molecule has 0 N–H and O–H groups in total. The second-order valence-corrected chi connectivity index (χ2v) is 5.90. The highest BCUT2D eigenvalue weighted by Gasteiger charge is 2.20. The lowest BCUT2D eigenvalue weighted by molar-refractivity contribution is -0.130. The number of pyridine rings is 2. The quantitative estimate of drug-likeness (QED) is 0.864. The van der Waals surface area contributed by atoms with Crippen LogP contribution in [-0.4, -0.2) is 47.0 Å². The van der Waals surface area contributed by atoms with E-state index in [1.165, 1.54) is 6.20 Å². The molecule has 0 aromatic carbocycles. The highest BCUT2D eigenvalue weighted by Crippen LogP contribution is 2.19. The van der Waals surface area contributed by atoms with E-state index in [1.54, 1.807) is 24.7 Å². The number of nitrogens with zero attached hydrogens (tertiary/aromatic N) is 4. The molecule has 2 aromatic heterocycles. The van der Waals surface area contributed by atoms with Crippen molar-refractivity contribution >= 4 is 11.6 Å². The molecule has 6 heteroatoms. The fourth-order valence-corrected chi connectivity index (χ4v) is 2.99. The van der Waals surface area contributed by atoms with Gasteiger partial charge >= 0.3 is 0 Å². The molecule has 0 bridgehead atoms. The summed E-state index contributed by atoms with van der Waals surface area (Å²) in [6.07, 6.45) is 8.37. The molecule has 0 saturated carbocycles. The predicted octanol–water partition coefficient (Wildman–Crippen LogP) is 2.29. The summed E-state index contributed by atoms with van der Waals surface area (Å²) in [5.74, 6) is -0.154. The van der Waals surface area contributed by atoms with E-state index in [1.807, 2.05) is 21.9 Å². The van der Waals surface area contributed by atoms with Crippen LogP contribution in [0, 0.1) is 5.82 Å². The molecule has 3 heterocycles. The Morgan fingerprint density at radius 3 is 2.62 bits per heavy atom. The molecule has 5 nitrogen and oxygen atoms in total. The highest BCUT2D eigenvalue weighted by molar-refractivity contribution is 5.76. The van der Waals surface area contributed by atoms with Crippen LogP contribution >= 0.6 is 0 Å². The number of anilines is 1. The monoisotopic (exact) mass is 328 g/mol. The van der Waals surface area contributed by atoms with E-state index in [9.17, 15) is 9.18 Å². The molecule has 126 valence electrons. The van der Waals surface area contributed by atoms with Gasteiger partial charge in [0.15, 0.2) is 5.82 Å². The van der Waals surface area contributed by atoms with Gasteiger partial charge in [-0.3, -0.25) is 14.8 Å². The van der Waals surface area contributed by atoms with Gasteiger partial charge in [0.2, 0.25) is 5.91 Å². The number of amides is 1. The highest BCUT2D eigenvalue weighted by atomic mass is 19.1. The van der Waals surface area contributed by atoms with E-state index in [0.717, 1.165) is 31.5 Å². The maximum atomic E-state index is 13.9. The molecule has 0 unspecified atom stereocenters. The number of aryl methyl sites for hydroxylation is 1. The van der Waals surface area contributed by atoms with Crippen molar-refractivity contribution in [2.24, 2.45) is 0 Å². The van der Waals surface area contributed by atoms with Gasteiger partial charge in [0, 0.05) is 51.2 Å². The summed E-state index contributed by atoms with van der Waals surface area (Å²) in [6.45, 7) is 2.73. The van der Waals surface area contributed by atoms with Crippen LogP contribution in [0.25, 0.3) is 0 Å². The summed E-state index contributed by atoms with van der Waals surface area (Å²) >= 11 is 0. The number of hydrogen-bond donors (Lipinski definition) is 0. The van der Waals surface area contributed by atoms with Crippen molar-refractivity contribution in [2.45, 2.75) is 19.3 Å². The third-order valence-corrected chi connectivity index (χ3v) is 4.32. The fraction of sp³-hybridized carbons (Fsp3) is 0.389. The molecule has 2 aromatic rings. The summed E-state index contributed by atoms with van der Waals surface area (Å²) in [4.78, 5) is 24.1. The van der Waals surface area contributed by atoms with Crippen LogP contribution in [0.3, 0.4) is 0 Å². The molecular formula is C18H21FN4O. The molecule has 3 rings (SSSR count). The van der Waals surface area contributed by atoms with Crippen molar-refractivity contribution in [3.8, 4) is 0 Å². The lowest BCUT2D eigenvalue weighted by atomic mass is 10.1. The Morgan fingerprint density at radius 2 is 1.83 bits per heavy atom. The third kappa shape index (κ3) is 4.07. The average Bonchev–Trinajstić information content (AvgIpc) is 2.87. The normalized spacial score (nSPS) is 15.2. The minimum absolute atomic E-state index is 0.156. The summed E-state index contributed by atoms with van der Waals surface area (Å²) in [7, 11) is 0. The topological polar surface area (TPSA) is 49.3 Å². The van der Waals surface area contributed by atoms with Gasteiger partial charge in [0.05, 0.1) is 11.9 Å². The maximum Gasteiger partial charge on any atom is 0.222 e. The standard InChI is InChI=1S/C18H21FN4O/c19-16-14-21-9-6-17(16)22-10-1-11-23(13-12-22)18(24)3-2-15-4-7-20-8-5-15/h4-9,14H,1-3,10-13H2. The Hall–Kier alpha value is -2.50. The lowest BCUT2D eigenvalue weighted by Crippen LogP contribution is -2.35. The van der Waals surface area contributed by atoms with Gasteiger partial charge in [0.1, 0.15) is 0 Å². The first-order valence-electron chi connectivity index (χ1n) is 8.25. The average molecular weight is 328 g/mol. The summed E-state index contributed by atoms with van der Waals surface area (Å²) in [6, 6.07) is 5.56. The van der Waals surface area contributed by atoms with Gasteiger partial charge in [-0.1, -0.05) is 0 Å². The van der Waals surface area contributed by atoms with Gasteiger partial charge in [-0.2, -0.15) is 0 Å². The SMILES string of the molecule is O=C(CCc1ccncc1)N1CCCN(c2ccncc2F)CC1. The summed E-state index contributed by atoms with van der Waals surface area (Å²) in [5, 5.41) is 0. The van der Waals surface area contributed by atoms with Crippen LogP contribution in [0.15, 0.2) is 43.0 Å². The van der Waals surface area contributed by atoms with Crippen molar-refractivity contribution in [3.63, 3.8) is 0 Å². The predicted molar refractivity (Wildman–Crippen MR) is 90.2 cm³/mol. The first-order chi connectivity index (χ1) is 11.7. The van der Waals surface area contributed by atoms with Gasteiger partial charge < -0.3 is 9.80 Å². The molecule has 0 aliphatic carbocycles. The van der Waals surface area contributed by atoms with Gasteiger partial charge in [0.25, 0.3) is 0 Å². The van der Waals surface area contributed by atoms with Gasteiger partial charge in [-0.25, -0.2) is 4.39 Å². The van der Waals surface area contributed by atoms with Crippen molar-refractivity contribution < 1.29 is 9.18 Å². The molecule has 1 saturated heterocycles. The number of carbonyl (C=O) groups is 1. The molecule has 0 radical (unpaired) electrons. The first kappa shape index (κ1) is 16.4. The number of hydrogen-bond acceptors (Lipinski definition) is 4. The Labute approximate surface area is 141 Å². The van der Waals surface area contributed by atoms with E-state index in [0.29, 0.717) is 25.2 Å². The number of aromatic nitrogens is 2. The summed E-state index contributed by atoms with van der Waals surface area (Å²) < 4.78 is 13.9. The van der Waals surface area contributed by atoms with E-state index in [-0.39, 0.29) is 11.7 Å². The van der Waals surface area contributed by atoms with Crippen LogP contribution < -0.4 is 4.90 Å². The smallest absolute Gasteiger partial charge is 0.222 e. The first-order valence-corrected chi connectivity index (χ1v) is 8.25. The molecule has 1 aliphatic heterocycles. The van der Waals surface area contributed by atoms with E-state index in [4.69, 9.17) is 0 Å². The van der Waals surface area contributed by atoms with Crippen molar-refractivity contribution in [3.05, 3.63) is 54.4 Å². The molecule has 0 spiro atoms. The number of carbonyl (C=O) groups excluding carboxylic acids is 1. The zero-order valence-electron chi connectivity index (χ0n) is 13.6. The summed E-state index contributed by atoms with van der Waals surface area (Å²) in [5.41, 5.74) is 1.68. The van der Waals surface area contributed by atoms with E-state index in [2.05, 4.69) is 9.97 Å². The Bertz CT molecular complexity index is 680. The molecular weight excluding hydrogens is 307 g/mol. The Morgan fingerprint density at radius 1 is 1.04 bits per heavy atom. The van der Waals surface area contributed by atoms with Crippen molar-refractivity contribution in [2.75, 3.05) is 31.1 Å². The Kier molecular flexibility index (Phi) is 5.36. The molecule has 0 atom stereocenters. The van der Waals surface area contributed by atoms with Crippen molar-refractivity contribution in [1.29, 1.82) is 0 Å². The van der Waals surface area contributed by atoms with Crippen LogP contribution in [0.5, 0.6) is 0 Å². The second-order valence-electron chi connectivity index (χ2n) is 5.90. The number of rotatable bonds is 4. The van der Waals surface area contributed by atoms with E-state index >= 15 is 0 Å². The minimum Gasteiger partial charge on any atom is -0.367 e. The van der Waals surface area contributed by atoms with E-state index < -0.39 is 0 Å². The van der Waals surface area contributed by atoms with Crippen LogP contribution in [0.1, 0.15) is 18.4 Å². The van der Waals surface area contributed by atoms with Crippen LogP contribution in [0.2, 0.25) is 0 Å². The zero-order chi connectivity index (χ0) is 16.8. The second kappa shape index (κ2) is 7.86. The molecule has 1 amide bonds. The fourth-order valence-electron chi connectivity index (χ4n) is 2.99. The Balaban J connectivity index is 1.55. The number of halogens is 1. The minimum atomic E-state index is -0.310. The van der Waals surface area contributed by atoms with Crippen LogP contribution in [0.4, 0.5) is 10.1 Å². The van der Waals surface area contributed by atoms with Gasteiger partial charge in [-0.05, 0) is 36.6 Å². The maximum absolute atomic E-state index is 13.9. The molecule has 1 fully saturated rings. The zero-order valence-corrected chi connectivity index (χ0v) is 13.6. The van der Waals surface area contributed by atoms with Crippen molar-refractivity contribution in [1.82, 2.24) is 14.9 Å². The molecule has 1 aliphatic rings. The third-order valence-electron chi connectivity index (χ3n) is 4.32. The lowest BCUT2D eigenvalue weighted by Gasteiger charge is -2.24. The van der Waals surface area contributed by atoms with Gasteiger partial charge in [-0.15, -0.1) is 0 Å².